The molecule has 0 saturated carbocycles. The van der Waals surface area contributed by atoms with Gasteiger partial charge in [0.1, 0.15) is 11.8 Å². The largest absolute Gasteiger partial charge is 0.495 e. The summed E-state index contributed by atoms with van der Waals surface area (Å²) in [5, 5.41) is 2.97. The lowest BCUT2D eigenvalue weighted by molar-refractivity contribution is -0.119. The molecule has 1 saturated heterocycles. The first-order valence-electron chi connectivity index (χ1n) is 9.45. The molecule has 2 aromatic rings. The fourth-order valence-electron chi connectivity index (χ4n) is 3.99. The van der Waals surface area contributed by atoms with Crippen LogP contribution in [0.15, 0.2) is 24.3 Å². The van der Waals surface area contributed by atoms with Gasteiger partial charge in [-0.2, -0.15) is 0 Å². The van der Waals surface area contributed by atoms with Gasteiger partial charge in [0.25, 0.3) is 5.91 Å². The van der Waals surface area contributed by atoms with Crippen molar-refractivity contribution in [3.63, 3.8) is 0 Å². The fraction of sp³-hybridized carbons (Fsp3) is 0.429. The van der Waals surface area contributed by atoms with Crippen LogP contribution >= 0.6 is 11.3 Å². The van der Waals surface area contributed by atoms with Crippen LogP contribution in [0.4, 0.5) is 5.69 Å². The van der Waals surface area contributed by atoms with E-state index in [4.69, 9.17) is 4.74 Å². The molecule has 4 rings (SSSR count). The number of anilines is 1. The van der Waals surface area contributed by atoms with E-state index < -0.39 is 6.04 Å². The van der Waals surface area contributed by atoms with Crippen LogP contribution in [0.2, 0.25) is 0 Å². The molecule has 27 heavy (non-hydrogen) atoms. The quantitative estimate of drug-likeness (QED) is 0.872. The molecule has 1 unspecified atom stereocenters. The number of hydrogen-bond acceptors (Lipinski definition) is 4. The van der Waals surface area contributed by atoms with Crippen LogP contribution in [0.25, 0.3) is 0 Å². The van der Waals surface area contributed by atoms with E-state index in [0.717, 1.165) is 29.7 Å². The van der Waals surface area contributed by atoms with E-state index in [9.17, 15) is 9.59 Å². The molecule has 1 atom stereocenters. The van der Waals surface area contributed by atoms with Gasteiger partial charge in [-0.05, 0) is 68.4 Å². The van der Waals surface area contributed by atoms with Gasteiger partial charge in [0, 0.05) is 11.4 Å². The van der Waals surface area contributed by atoms with Crippen LogP contribution in [-0.4, -0.2) is 36.4 Å². The molecule has 1 N–H and O–H groups in total. The molecule has 2 amide bonds. The summed E-state index contributed by atoms with van der Waals surface area (Å²) in [5.74, 6) is 0.469. The Hall–Kier alpha value is -2.34. The van der Waals surface area contributed by atoms with Crippen molar-refractivity contribution in [1.29, 1.82) is 0 Å². The molecule has 1 aromatic heterocycles. The minimum absolute atomic E-state index is 0.0109. The van der Waals surface area contributed by atoms with Crippen molar-refractivity contribution in [3.05, 3.63) is 45.1 Å². The maximum absolute atomic E-state index is 13.0. The zero-order valence-corrected chi connectivity index (χ0v) is 16.5. The lowest BCUT2D eigenvalue weighted by Gasteiger charge is -2.24. The number of hydrogen-bond donors (Lipinski definition) is 1. The third-order valence-electron chi connectivity index (χ3n) is 5.39. The van der Waals surface area contributed by atoms with Crippen LogP contribution in [0.5, 0.6) is 5.75 Å². The van der Waals surface area contributed by atoms with Crippen molar-refractivity contribution in [1.82, 2.24) is 4.90 Å². The number of carbonyl (C=O) groups excluding carboxylic acids is 2. The summed E-state index contributed by atoms with van der Waals surface area (Å²) < 4.78 is 5.35. The normalized spacial score (nSPS) is 18.4. The van der Waals surface area contributed by atoms with Gasteiger partial charge in [0.05, 0.1) is 17.7 Å². The Labute approximate surface area is 163 Å². The third-order valence-corrected chi connectivity index (χ3v) is 6.61. The van der Waals surface area contributed by atoms with E-state index in [1.807, 2.05) is 31.2 Å². The fourth-order valence-corrected chi connectivity index (χ4v) is 5.20. The molecule has 0 radical (unpaired) electrons. The van der Waals surface area contributed by atoms with Gasteiger partial charge >= 0.3 is 0 Å². The summed E-state index contributed by atoms with van der Waals surface area (Å²) in [6.07, 6.45) is 4.86. The Morgan fingerprint density at radius 2 is 2.07 bits per heavy atom. The Kier molecular flexibility index (Phi) is 4.91. The number of amides is 2. The number of fused-ring (bicyclic) bond motifs is 1. The number of nitrogens with zero attached hydrogens (tertiary/aromatic N) is 1. The van der Waals surface area contributed by atoms with E-state index in [-0.39, 0.29) is 11.8 Å². The second kappa shape index (κ2) is 7.35. The highest BCUT2D eigenvalue weighted by Gasteiger charge is 2.36. The highest BCUT2D eigenvalue weighted by Crippen LogP contribution is 2.33. The van der Waals surface area contributed by atoms with E-state index in [2.05, 4.69) is 5.32 Å². The predicted molar refractivity (Wildman–Crippen MR) is 107 cm³/mol. The van der Waals surface area contributed by atoms with Crippen LogP contribution in [0.3, 0.4) is 0 Å². The highest BCUT2D eigenvalue weighted by atomic mass is 32.1. The summed E-state index contributed by atoms with van der Waals surface area (Å²) in [4.78, 5) is 29.8. The lowest BCUT2D eigenvalue weighted by atomic mass is 10.1. The zero-order valence-electron chi connectivity index (χ0n) is 15.7. The Morgan fingerprint density at radius 1 is 1.22 bits per heavy atom. The minimum atomic E-state index is -0.431. The average molecular weight is 385 g/mol. The first-order valence-corrected chi connectivity index (χ1v) is 10.3. The lowest BCUT2D eigenvalue weighted by Crippen LogP contribution is -2.43. The molecule has 0 bridgehead atoms. The van der Waals surface area contributed by atoms with Crippen molar-refractivity contribution in [2.75, 3.05) is 19.0 Å². The highest BCUT2D eigenvalue weighted by molar-refractivity contribution is 7.14. The van der Waals surface area contributed by atoms with Gasteiger partial charge in [0.2, 0.25) is 5.91 Å². The van der Waals surface area contributed by atoms with Crippen LogP contribution < -0.4 is 10.1 Å². The minimum Gasteiger partial charge on any atom is -0.495 e. The van der Waals surface area contributed by atoms with Gasteiger partial charge < -0.3 is 15.0 Å². The van der Waals surface area contributed by atoms with E-state index in [1.54, 1.807) is 23.3 Å². The van der Waals surface area contributed by atoms with Gasteiger partial charge in [-0.15, -0.1) is 11.3 Å². The van der Waals surface area contributed by atoms with Crippen LogP contribution in [0.1, 0.15) is 44.9 Å². The molecule has 1 aliphatic heterocycles. The van der Waals surface area contributed by atoms with Crippen molar-refractivity contribution in [3.8, 4) is 5.75 Å². The maximum Gasteiger partial charge on any atom is 0.264 e. The third kappa shape index (κ3) is 3.46. The smallest absolute Gasteiger partial charge is 0.264 e. The Bertz CT molecular complexity index is 868. The van der Waals surface area contributed by atoms with Crippen molar-refractivity contribution in [2.24, 2.45) is 0 Å². The number of nitrogens with one attached hydrogen (secondary N) is 1. The molecule has 5 nitrogen and oxygen atoms in total. The molecule has 2 aliphatic rings. The maximum atomic E-state index is 13.0. The van der Waals surface area contributed by atoms with Crippen molar-refractivity contribution < 1.29 is 14.3 Å². The van der Waals surface area contributed by atoms with Crippen LogP contribution in [-0.2, 0) is 17.6 Å². The van der Waals surface area contributed by atoms with E-state index in [0.29, 0.717) is 24.4 Å². The standard InChI is InChI=1S/C21H24N2O3S/c1-13-8-9-17(26-2)15(11-13)22-20(24)16-6-4-10-23(16)21(25)19-12-14-5-3-7-18(14)27-19/h8-9,11-12,16H,3-7,10H2,1-2H3,(H,22,24). The summed E-state index contributed by atoms with van der Waals surface area (Å²) >= 11 is 1.60. The summed E-state index contributed by atoms with van der Waals surface area (Å²) in [6.45, 7) is 2.60. The number of methoxy groups -OCH3 is 1. The molecule has 6 heteroatoms. The topological polar surface area (TPSA) is 58.6 Å². The summed E-state index contributed by atoms with van der Waals surface area (Å²) in [7, 11) is 1.59. The van der Waals surface area contributed by atoms with Crippen LogP contribution in [0, 0.1) is 6.92 Å². The molecule has 142 valence electrons. The predicted octanol–water partition coefficient (Wildman–Crippen LogP) is 3.80. The number of thiophene rings is 1. The van der Waals surface area contributed by atoms with E-state index >= 15 is 0 Å². The summed E-state index contributed by atoms with van der Waals surface area (Å²) in [5.41, 5.74) is 3.00. The number of aryl methyl sites for hydroxylation is 3. The molecule has 1 fully saturated rings. The SMILES string of the molecule is COc1ccc(C)cc1NC(=O)C1CCCN1C(=O)c1cc2c(s1)CCC2. The monoisotopic (exact) mass is 384 g/mol. The van der Waals surface area contributed by atoms with Gasteiger partial charge in [0.15, 0.2) is 0 Å². The van der Waals surface area contributed by atoms with Gasteiger partial charge in [-0.25, -0.2) is 0 Å². The molecule has 1 aliphatic carbocycles. The Morgan fingerprint density at radius 3 is 2.85 bits per heavy atom. The van der Waals surface area contributed by atoms with E-state index in [1.165, 1.54) is 16.9 Å². The first-order chi connectivity index (χ1) is 13.1. The molecular weight excluding hydrogens is 360 g/mol. The molecular formula is C21H24N2O3S. The second-order valence-corrected chi connectivity index (χ2v) is 8.40. The molecule has 2 heterocycles. The average Bonchev–Trinajstić information content (AvgIpc) is 3.36. The Balaban J connectivity index is 1.51. The number of carbonyl (C=O) groups is 2. The number of likely N-dealkylation sites (tertiary alicyclic amines) is 1. The first kappa shape index (κ1) is 18.0. The van der Waals surface area contributed by atoms with Crippen molar-refractivity contribution in [2.45, 2.75) is 45.1 Å². The van der Waals surface area contributed by atoms with Gasteiger partial charge in [-0.3, -0.25) is 9.59 Å². The number of benzene rings is 1. The van der Waals surface area contributed by atoms with Gasteiger partial charge in [-0.1, -0.05) is 6.07 Å². The second-order valence-electron chi connectivity index (χ2n) is 7.26. The summed E-state index contributed by atoms with van der Waals surface area (Å²) in [6, 6.07) is 7.28. The molecule has 1 aromatic carbocycles. The van der Waals surface area contributed by atoms with Crippen molar-refractivity contribution >= 4 is 28.8 Å². The number of ether oxygens (including phenoxy) is 1. The molecule has 0 spiro atoms. The zero-order chi connectivity index (χ0) is 19.0. The number of rotatable bonds is 4.